The van der Waals surface area contributed by atoms with Crippen molar-refractivity contribution in [2.24, 2.45) is 5.16 Å². The van der Waals surface area contributed by atoms with E-state index in [4.69, 9.17) is 25.9 Å². The van der Waals surface area contributed by atoms with Gasteiger partial charge in [0.15, 0.2) is 6.79 Å². The Kier molecular flexibility index (Phi) is 4.38. The number of hydrogen-bond acceptors (Lipinski definition) is 4. The molecule has 0 atom stereocenters. The number of halogens is 1. The van der Waals surface area contributed by atoms with Crippen LogP contribution >= 0.6 is 11.6 Å². The first-order valence-electron chi connectivity index (χ1n) is 6.55. The summed E-state index contributed by atoms with van der Waals surface area (Å²) >= 11 is 6.09. The summed E-state index contributed by atoms with van der Waals surface area (Å²) in [5, 5.41) is 4.59. The number of benzene rings is 2. The summed E-state index contributed by atoms with van der Waals surface area (Å²) in [6.45, 7) is 1.04. The highest BCUT2D eigenvalue weighted by atomic mass is 35.5. The third-order valence-electron chi connectivity index (χ3n) is 3.05. The summed E-state index contributed by atoms with van der Waals surface area (Å²) in [4.78, 5) is 5.33. The Morgan fingerprint density at radius 1 is 1.24 bits per heavy atom. The number of rotatable bonds is 4. The lowest BCUT2D eigenvalue weighted by atomic mass is 10.1. The Morgan fingerprint density at radius 2 is 2.10 bits per heavy atom. The summed E-state index contributed by atoms with van der Waals surface area (Å²) in [6.07, 6.45) is 1.67. The minimum Gasteiger partial charge on any atom is -0.467 e. The van der Waals surface area contributed by atoms with Gasteiger partial charge in [-0.3, -0.25) is 0 Å². The molecular weight excluding hydrogens is 290 g/mol. The van der Waals surface area contributed by atoms with Crippen LogP contribution in [0.15, 0.2) is 47.6 Å². The number of nitrogens with zero attached hydrogens (tertiary/aromatic N) is 1. The van der Waals surface area contributed by atoms with Gasteiger partial charge in [0.1, 0.15) is 12.4 Å². The van der Waals surface area contributed by atoms with Gasteiger partial charge < -0.3 is 14.3 Å². The van der Waals surface area contributed by atoms with Gasteiger partial charge in [0.2, 0.25) is 0 Å². The van der Waals surface area contributed by atoms with Crippen LogP contribution in [0.3, 0.4) is 0 Å². The Morgan fingerprint density at radius 3 is 2.95 bits per heavy atom. The molecule has 21 heavy (non-hydrogen) atoms. The monoisotopic (exact) mass is 303 g/mol. The third-order valence-corrected chi connectivity index (χ3v) is 3.27. The van der Waals surface area contributed by atoms with E-state index < -0.39 is 0 Å². The Hall–Kier alpha value is -2.04. The molecule has 0 fully saturated rings. The lowest BCUT2D eigenvalue weighted by molar-refractivity contribution is -0.0183. The molecule has 0 saturated heterocycles. The van der Waals surface area contributed by atoms with Crippen molar-refractivity contribution in [1.29, 1.82) is 0 Å². The normalized spacial score (nSPS) is 13.8. The van der Waals surface area contributed by atoms with E-state index in [-0.39, 0.29) is 6.79 Å². The second kappa shape index (κ2) is 6.61. The van der Waals surface area contributed by atoms with Gasteiger partial charge in [-0.05, 0) is 17.7 Å². The molecule has 0 saturated carbocycles. The molecule has 0 N–H and O–H groups in total. The molecule has 4 nitrogen and oxygen atoms in total. The van der Waals surface area contributed by atoms with Crippen LogP contribution in [0.2, 0.25) is 5.02 Å². The van der Waals surface area contributed by atoms with E-state index in [0.717, 1.165) is 22.4 Å². The first-order valence-corrected chi connectivity index (χ1v) is 6.93. The van der Waals surface area contributed by atoms with Gasteiger partial charge in [-0.15, -0.1) is 0 Å². The molecule has 2 aromatic rings. The fourth-order valence-electron chi connectivity index (χ4n) is 2.11. The fraction of sp³-hybridized carbons (Fsp3) is 0.188. The van der Waals surface area contributed by atoms with Gasteiger partial charge in [0.05, 0.1) is 12.8 Å². The zero-order chi connectivity index (χ0) is 14.5. The third kappa shape index (κ3) is 3.54. The molecule has 0 aliphatic carbocycles. The van der Waals surface area contributed by atoms with E-state index in [1.165, 1.54) is 0 Å². The second-order valence-corrected chi connectivity index (χ2v) is 5.02. The quantitative estimate of drug-likeness (QED) is 0.638. The van der Waals surface area contributed by atoms with E-state index in [0.29, 0.717) is 18.2 Å². The van der Waals surface area contributed by atoms with E-state index in [9.17, 15) is 0 Å². The minimum atomic E-state index is 0.245. The highest BCUT2D eigenvalue weighted by Crippen LogP contribution is 2.32. The minimum absolute atomic E-state index is 0.245. The van der Waals surface area contributed by atoms with Crippen LogP contribution in [0.1, 0.15) is 16.7 Å². The molecule has 0 amide bonds. The van der Waals surface area contributed by atoms with E-state index in [1.807, 2.05) is 42.5 Å². The van der Waals surface area contributed by atoms with Gasteiger partial charge >= 0.3 is 0 Å². The summed E-state index contributed by atoms with van der Waals surface area (Å²) in [6, 6.07) is 13.4. The lowest BCUT2D eigenvalue weighted by Crippen LogP contribution is -2.13. The van der Waals surface area contributed by atoms with E-state index >= 15 is 0 Å². The molecule has 3 rings (SSSR count). The number of ether oxygens (including phenoxy) is 2. The first kappa shape index (κ1) is 13.9. The number of oxime groups is 1. The predicted octanol–water partition coefficient (Wildman–Crippen LogP) is 3.76. The first-order chi connectivity index (χ1) is 10.3. The predicted molar refractivity (Wildman–Crippen MR) is 80.6 cm³/mol. The summed E-state index contributed by atoms with van der Waals surface area (Å²) < 4.78 is 10.8. The van der Waals surface area contributed by atoms with Crippen LogP contribution in [0.5, 0.6) is 5.75 Å². The van der Waals surface area contributed by atoms with Crippen LogP contribution in [0.4, 0.5) is 0 Å². The molecule has 0 unspecified atom stereocenters. The molecule has 0 spiro atoms. The standard InChI is InChI=1S/C16H14ClNO3/c17-15-6-13-9-19-11-20-16(13)14(7-15)10-21-18-8-12-4-2-1-3-5-12/h1-8H,9-11H2/b18-8-. The zero-order valence-electron chi connectivity index (χ0n) is 11.3. The van der Waals surface area contributed by atoms with Crippen molar-refractivity contribution in [2.75, 3.05) is 6.79 Å². The second-order valence-electron chi connectivity index (χ2n) is 4.58. The van der Waals surface area contributed by atoms with Gasteiger partial charge in [0, 0.05) is 16.1 Å². The van der Waals surface area contributed by atoms with E-state index in [2.05, 4.69) is 5.16 Å². The molecule has 2 aromatic carbocycles. The number of fused-ring (bicyclic) bond motifs is 1. The van der Waals surface area contributed by atoms with Crippen molar-refractivity contribution in [1.82, 2.24) is 0 Å². The molecular formula is C16H14ClNO3. The van der Waals surface area contributed by atoms with Crippen molar-refractivity contribution >= 4 is 17.8 Å². The van der Waals surface area contributed by atoms with Gasteiger partial charge in [-0.25, -0.2) is 0 Å². The highest BCUT2D eigenvalue weighted by molar-refractivity contribution is 6.30. The van der Waals surface area contributed by atoms with Crippen molar-refractivity contribution in [2.45, 2.75) is 13.2 Å². The Balaban J connectivity index is 1.68. The maximum absolute atomic E-state index is 6.09. The SMILES string of the molecule is Clc1cc2c(c(CO/N=C\c3ccccc3)c1)OCOC2. The smallest absolute Gasteiger partial charge is 0.189 e. The molecule has 5 heteroatoms. The average molecular weight is 304 g/mol. The van der Waals surface area contributed by atoms with Crippen molar-refractivity contribution in [3.8, 4) is 5.75 Å². The van der Waals surface area contributed by atoms with Crippen LogP contribution in [0.25, 0.3) is 0 Å². The maximum Gasteiger partial charge on any atom is 0.189 e. The van der Waals surface area contributed by atoms with E-state index in [1.54, 1.807) is 6.21 Å². The maximum atomic E-state index is 6.09. The molecule has 0 aromatic heterocycles. The van der Waals surface area contributed by atoms with Crippen LogP contribution in [-0.2, 0) is 22.8 Å². The topological polar surface area (TPSA) is 40.0 Å². The van der Waals surface area contributed by atoms with Crippen LogP contribution < -0.4 is 4.74 Å². The van der Waals surface area contributed by atoms with Crippen molar-refractivity contribution in [3.63, 3.8) is 0 Å². The van der Waals surface area contributed by atoms with Gasteiger partial charge in [-0.2, -0.15) is 0 Å². The van der Waals surface area contributed by atoms with Crippen molar-refractivity contribution < 1.29 is 14.3 Å². The summed E-state index contributed by atoms with van der Waals surface area (Å²) in [7, 11) is 0. The molecule has 1 aliphatic heterocycles. The highest BCUT2D eigenvalue weighted by Gasteiger charge is 2.16. The summed E-state index contributed by atoms with van der Waals surface area (Å²) in [5.74, 6) is 0.778. The lowest BCUT2D eigenvalue weighted by Gasteiger charge is -2.20. The van der Waals surface area contributed by atoms with Gasteiger partial charge in [0.25, 0.3) is 0 Å². The van der Waals surface area contributed by atoms with Crippen LogP contribution in [0, 0.1) is 0 Å². The van der Waals surface area contributed by atoms with Gasteiger partial charge in [-0.1, -0.05) is 47.1 Å². The molecule has 1 aliphatic rings. The Bertz CT molecular complexity index is 643. The van der Waals surface area contributed by atoms with Crippen molar-refractivity contribution in [3.05, 3.63) is 64.2 Å². The largest absolute Gasteiger partial charge is 0.467 e. The molecule has 0 bridgehead atoms. The molecule has 0 radical (unpaired) electrons. The average Bonchev–Trinajstić information content (AvgIpc) is 2.52. The fourth-order valence-corrected chi connectivity index (χ4v) is 2.37. The Labute approximate surface area is 127 Å². The molecule has 1 heterocycles. The summed E-state index contributed by atoms with van der Waals surface area (Å²) in [5.41, 5.74) is 2.78. The zero-order valence-corrected chi connectivity index (χ0v) is 12.0. The molecule has 108 valence electrons. The number of hydrogen-bond donors (Lipinski definition) is 0. The van der Waals surface area contributed by atoms with Crippen LogP contribution in [-0.4, -0.2) is 13.0 Å².